The fourth-order valence-electron chi connectivity index (χ4n) is 2.09. The van der Waals surface area contributed by atoms with E-state index in [0.29, 0.717) is 11.5 Å². The first-order valence-corrected chi connectivity index (χ1v) is 6.44. The zero-order valence-electron chi connectivity index (χ0n) is 11.7. The number of hydrogen-bond donors (Lipinski definition) is 1. The second-order valence-electron chi connectivity index (χ2n) is 4.67. The molecule has 0 aliphatic carbocycles. The van der Waals surface area contributed by atoms with Gasteiger partial charge in [-0.15, -0.1) is 0 Å². The number of benzene rings is 1. The number of rotatable bonds is 3. The lowest BCUT2D eigenvalue weighted by Crippen LogP contribution is -2.12. The first-order valence-electron chi connectivity index (χ1n) is 6.44. The van der Waals surface area contributed by atoms with E-state index < -0.39 is 0 Å². The topological polar surface area (TPSA) is 73.0 Å². The van der Waals surface area contributed by atoms with Gasteiger partial charge < -0.3 is 9.73 Å². The highest BCUT2D eigenvalue weighted by atomic mass is 16.3. The summed E-state index contributed by atoms with van der Waals surface area (Å²) in [5, 5.41) is 6.87. The van der Waals surface area contributed by atoms with E-state index in [1.807, 2.05) is 25.1 Å². The summed E-state index contributed by atoms with van der Waals surface area (Å²) in [5.41, 5.74) is 2.99. The van der Waals surface area contributed by atoms with Crippen molar-refractivity contribution in [2.24, 2.45) is 7.05 Å². The summed E-state index contributed by atoms with van der Waals surface area (Å²) in [6.07, 6.45) is 6.32. The number of nitrogens with zero attached hydrogens (tertiary/aromatic N) is 3. The highest BCUT2D eigenvalue weighted by Gasteiger charge is 2.13. The molecule has 6 nitrogen and oxygen atoms in total. The van der Waals surface area contributed by atoms with Crippen molar-refractivity contribution in [3.8, 4) is 11.5 Å². The SMILES string of the molecule is Cc1c(NC(=O)c2cnn(C)c2)cccc1-c1ncco1. The standard InChI is InChI=1S/C15H14N4O2/c1-10-12(15-16-6-7-21-15)4-3-5-13(10)18-14(20)11-8-17-19(2)9-11/h3-9H,1-2H3,(H,18,20). The zero-order chi connectivity index (χ0) is 14.8. The number of aromatic nitrogens is 3. The molecule has 0 aliphatic heterocycles. The maximum Gasteiger partial charge on any atom is 0.258 e. The Hall–Kier alpha value is -2.89. The van der Waals surface area contributed by atoms with Gasteiger partial charge in [0.2, 0.25) is 5.89 Å². The molecule has 0 fully saturated rings. The number of carbonyl (C=O) groups excluding carboxylic acids is 1. The first-order chi connectivity index (χ1) is 10.1. The fourth-order valence-corrected chi connectivity index (χ4v) is 2.09. The van der Waals surface area contributed by atoms with E-state index >= 15 is 0 Å². The lowest BCUT2D eigenvalue weighted by molar-refractivity contribution is 0.102. The van der Waals surface area contributed by atoms with Gasteiger partial charge in [-0.05, 0) is 24.6 Å². The Labute approximate surface area is 121 Å². The number of nitrogens with one attached hydrogen (secondary N) is 1. The summed E-state index contributed by atoms with van der Waals surface area (Å²) in [6, 6.07) is 5.60. The Morgan fingerprint density at radius 1 is 1.38 bits per heavy atom. The van der Waals surface area contributed by atoms with Crippen LogP contribution in [-0.2, 0) is 7.05 Å². The van der Waals surface area contributed by atoms with Crippen LogP contribution in [-0.4, -0.2) is 20.7 Å². The van der Waals surface area contributed by atoms with Crippen molar-refractivity contribution in [1.82, 2.24) is 14.8 Å². The molecular weight excluding hydrogens is 268 g/mol. The fraction of sp³-hybridized carbons (Fsp3) is 0.133. The van der Waals surface area contributed by atoms with Gasteiger partial charge in [-0.25, -0.2) is 4.98 Å². The third kappa shape index (κ3) is 2.55. The van der Waals surface area contributed by atoms with Crippen LogP contribution in [0.1, 0.15) is 15.9 Å². The number of aryl methyl sites for hydroxylation is 1. The summed E-state index contributed by atoms with van der Waals surface area (Å²) < 4.78 is 6.90. The highest BCUT2D eigenvalue weighted by molar-refractivity contribution is 6.04. The molecule has 0 saturated heterocycles. The Morgan fingerprint density at radius 3 is 2.90 bits per heavy atom. The Balaban J connectivity index is 1.90. The summed E-state index contributed by atoms with van der Waals surface area (Å²) in [5.74, 6) is 0.334. The van der Waals surface area contributed by atoms with Crippen LogP contribution in [0.3, 0.4) is 0 Å². The van der Waals surface area contributed by atoms with E-state index in [1.165, 1.54) is 12.5 Å². The molecule has 0 aliphatic rings. The number of anilines is 1. The number of oxazole rings is 1. The van der Waals surface area contributed by atoms with E-state index in [9.17, 15) is 4.79 Å². The van der Waals surface area contributed by atoms with Gasteiger partial charge in [-0.2, -0.15) is 5.10 Å². The lowest BCUT2D eigenvalue weighted by Gasteiger charge is -2.10. The molecule has 21 heavy (non-hydrogen) atoms. The van der Waals surface area contributed by atoms with Crippen LogP contribution in [0.15, 0.2) is 47.5 Å². The average Bonchev–Trinajstić information content (AvgIpc) is 3.12. The number of amides is 1. The third-order valence-corrected chi connectivity index (χ3v) is 3.21. The molecule has 1 aromatic carbocycles. The number of hydrogen-bond acceptors (Lipinski definition) is 4. The van der Waals surface area contributed by atoms with Crippen LogP contribution in [0, 0.1) is 6.92 Å². The van der Waals surface area contributed by atoms with Gasteiger partial charge in [0, 0.05) is 24.5 Å². The molecule has 2 heterocycles. The quantitative estimate of drug-likeness (QED) is 0.801. The largest absolute Gasteiger partial charge is 0.445 e. The van der Waals surface area contributed by atoms with Crippen LogP contribution >= 0.6 is 0 Å². The second kappa shape index (κ2) is 5.24. The van der Waals surface area contributed by atoms with Crippen molar-refractivity contribution in [2.75, 3.05) is 5.32 Å². The second-order valence-corrected chi connectivity index (χ2v) is 4.67. The van der Waals surface area contributed by atoms with Gasteiger partial charge in [0.25, 0.3) is 5.91 Å². The molecule has 1 amide bonds. The van der Waals surface area contributed by atoms with Gasteiger partial charge >= 0.3 is 0 Å². The maximum atomic E-state index is 12.2. The predicted molar refractivity (Wildman–Crippen MR) is 77.8 cm³/mol. The van der Waals surface area contributed by atoms with E-state index in [4.69, 9.17) is 4.42 Å². The minimum Gasteiger partial charge on any atom is -0.445 e. The molecule has 3 aromatic rings. The Kier molecular flexibility index (Phi) is 3.27. The monoisotopic (exact) mass is 282 g/mol. The highest BCUT2D eigenvalue weighted by Crippen LogP contribution is 2.27. The Morgan fingerprint density at radius 2 is 2.24 bits per heavy atom. The molecular formula is C15H14N4O2. The van der Waals surface area contributed by atoms with Crippen molar-refractivity contribution < 1.29 is 9.21 Å². The molecule has 0 radical (unpaired) electrons. The van der Waals surface area contributed by atoms with E-state index in [0.717, 1.165) is 16.8 Å². The molecule has 6 heteroatoms. The minimum absolute atomic E-state index is 0.198. The molecule has 106 valence electrons. The summed E-state index contributed by atoms with van der Waals surface area (Å²) in [6.45, 7) is 1.92. The maximum absolute atomic E-state index is 12.2. The van der Waals surface area contributed by atoms with Crippen LogP contribution < -0.4 is 5.32 Å². The van der Waals surface area contributed by atoms with Gasteiger partial charge in [0.1, 0.15) is 6.26 Å². The molecule has 0 saturated carbocycles. The normalized spacial score (nSPS) is 10.6. The van der Waals surface area contributed by atoms with Gasteiger partial charge in [0.05, 0.1) is 18.0 Å². The van der Waals surface area contributed by atoms with Crippen LogP contribution in [0.5, 0.6) is 0 Å². The van der Waals surface area contributed by atoms with Gasteiger partial charge in [0.15, 0.2) is 0 Å². The predicted octanol–water partition coefficient (Wildman–Crippen LogP) is 2.64. The van der Waals surface area contributed by atoms with E-state index in [2.05, 4.69) is 15.4 Å². The molecule has 0 atom stereocenters. The molecule has 1 N–H and O–H groups in total. The molecule has 0 bridgehead atoms. The van der Waals surface area contributed by atoms with Crippen LogP contribution in [0.4, 0.5) is 5.69 Å². The van der Waals surface area contributed by atoms with Crippen LogP contribution in [0.25, 0.3) is 11.5 Å². The van der Waals surface area contributed by atoms with Gasteiger partial charge in [-0.3, -0.25) is 9.48 Å². The van der Waals surface area contributed by atoms with E-state index in [1.54, 1.807) is 24.1 Å². The molecule has 0 spiro atoms. The van der Waals surface area contributed by atoms with E-state index in [-0.39, 0.29) is 5.91 Å². The third-order valence-electron chi connectivity index (χ3n) is 3.21. The Bertz CT molecular complexity index is 775. The van der Waals surface area contributed by atoms with Crippen molar-refractivity contribution in [2.45, 2.75) is 6.92 Å². The summed E-state index contributed by atoms with van der Waals surface area (Å²) >= 11 is 0. The summed E-state index contributed by atoms with van der Waals surface area (Å²) in [4.78, 5) is 16.3. The number of carbonyl (C=O) groups is 1. The van der Waals surface area contributed by atoms with Gasteiger partial charge in [-0.1, -0.05) is 6.07 Å². The van der Waals surface area contributed by atoms with Crippen LogP contribution in [0.2, 0.25) is 0 Å². The lowest BCUT2D eigenvalue weighted by atomic mass is 10.1. The molecule has 2 aromatic heterocycles. The minimum atomic E-state index is -0.198. The average molecular weight is 282 g/mol. The van der Waals surface area contributed by atoms with Crippen molar-refractivity contribution in [3.05, 3.63) is 54.2 Å². The molecule has 0 unspecified atom stereocenters. The summed E-state index contributed by atoms with van der Waals surface area (Å²) in [7, 11) is 1.77. The van der Waals surface area contributed by atoms with Crippen molar-refractivity contribution in [3.63, 3.8) is 0 Å². The zero-order valence-corrected chi connectivity index (χ0v) is 11.7. The van der Waals surface area contributed by atoms with Crippen molar-refractivity contribution >= 4 is 11.6 Å². The van der Waals surface area contributed by atoms with Crippen molar-refractivity contribution in [1.29, 1.82) is 0 Å². The molecule has 3 rings (SSSR count). The smallest absolute Gasteiger partial charge is 0.258 e. The first kappa shape index (κ1) is 13.1.